The van der Waals surface area contributed by atoms with Crippen LogP contribution in [0.25, 0.3) is 11.0 Å². The van der Waals surface area contributed by atoms with E-state index in [-0.39, 0.29) is 17.4 Å². The zero-order valence-corrected chi connectivity index (χ0v) is 18.2. The Morgan fingerprint density at radius 2 is 2.03 bits per heavy atom. The number of aromatic hydroxyl groups is 1. The molecule has 3 heterocycles. The minimum atomic E-state index is -0.496. The fourth-order valence-corrected chi connectivity index (χ4v) is 4.60. The van der Waals surface area contributed by atoms with Crippen LogP contribution in [0.2, 0.25) is 0 Å². The summed E-state index contributed by atoms with van der Waals surface area (Å²) in [5, 5.41) is 14.2. The highest BCUT2D eigenvalue weighted by Gasteiger charge is 2.26. The molecular formula is C23H32N4O4. The maximum absolute atomic E-state index is 13.3. The molecule has 31 heavy (non-hydrogen) atoms. The molecule has 2 aromatic rings. The lowest BCUT2D eigenvalue weighted by Gasteiger charge is -2.27. The number of fused-ring (bicyclic) bond motifs is 1. The second-order valence-electron chi connectivity index (χ2n) is 8.79. The van der Waals surface area contributed by atoms with Gasteiger partial charge in [0.25, 0.3) is 11.5 Å². The Hall–Kier alpha value is -2.45. The zero-order chi connectivity index (χ0) is 21.8. The van der Waals surface area contributed by atoms with Crippen molar-refractivity contribution in [2.75, 3.05) is 32.8 Å². The minimum absolute atomic E-state index is 0.0395. The first-order chi connectivity index (χ1) is 15.0. The summed E-state index contributed by atoms with van der Waals surface area (Å²) >= 11 is 0. The van der Waals surface area contributed by atoms with Gasteiger partial charge < -0.3 is 15.2 Å². The molecule has 1 saturated heterocycles. The number of nitrogens with zero attached hydrogens (tertiary/aromatic N) is 3. The van der Waals surface area contributed by atoms with Gasteiger partial charge in [-0.25, -0.2) is 4.98 Å². The van der Waals surface area contributed by atoms with Gasteiger partial charge in [0.15, 0.2) is 0 Å². The average Bonchev–Trinajstić information content (AvgIpc) is 3.04. The smallest absolute Gasteiger partial charge is 0.268 e. The number of hydrogen-bond donors (Lipinski definition) is 2. The van der Waals surface area contributed by atoms with E-state index in [2.05, 4.69) is 22.1 Å². The third-order valence-corrected chi connectivity index (χ3v) is 6.53. The normalized spacial score (nSPS) is 22.9. The lowest BCUT2D eigenvalue weighted by Crippen LogP contribution is -2.41. The standard InChI is InChI=1S/C23H32N4O4/c1-16-5-7-17(8-6-16)25-22(29)19-20(28)18-4-2-9-24-21(18)27(23(19)30)12-11-26-10-3-14-31-15-13-26/h2,4,9,16-17,28H,3,5-8,10-15H2,1H3,(H,25,29). The predicted octanol–water partition coefficient (Wildman–Crippen LogP) is 2.13. The maximum atomic E-state index is 13.3. The molecule has 2 fully saturated rings. The van der Waals surface area contributed by atoms with Gasteiger partial charge in [-0.3, -0.25) is 19.1 Å². The number of pyridine rings is 2. The SMILES string of the molecule is CC1CCC(NC(=O)c2c(O)c3cccnc3n(CCN3CCCOCC3)c2=O)CC1. The summed E-state index contributed by atoms with van der Waals surface area (Å²) in [5.74, 6) is -0.117. The molecule has 2 aromatic heterocycles. The van der Waals surface area contributed by atoms with Gasteiger partial charge in [0.2, 0.25) is 0 Å². The zero-order valence-electron chi connectivity index (χ0n) is 18.2. The molecule has 1 amide bonds. The van der Waals surface area contributed by atoms with E-state index in [1.807, 2.05) is 0 Å². The van der Waals surface area contributed by atoms with Crippen molar-refractivity contribution in [3.05, 3.63) is 34.2 Å². The first kappa shape index (κ1) is 21.8. The third kappa shape index (κ3) is 4.91. The molecule has 1 saturated carbocycles. The van der Waals surface area contributed by atoms with Crippen LogP contribution in [-0.4, -0.2) is 64.4 Å². The molecule has 0 atom stereocenters. The van der Waals surface area contributed by atoms with Gasteiger partial charge in [-0.1, -0.05) is 6.92 Å². The van der Waals surface area contributed by atoms with Crippen LogP contribution in [-0.2, 0) is 11.3 Å². The number of hydrogen-bond acceptors (Lipinski definition) is 6. The van der Waals surface area contributed by atoms with Crippen LogP contribution < -0.4 is 10.9 Å². The van der Waals surface area contributed by atoms with Crippen LogP contribution >= 0.6 is 0 Å². The summed E-state index contributed by atoms with van der Waals surface area (Å²) in [6, 6.07) is 3.44. The van der Waals surface area contributed by atoms with Crippen molar-refractivity contribution in [1.82, 2.24) is 19.8 Å². The lowest BCUT2D eigenvalue weighted by atomic mass is 9.87. The third-order valence-electron chi connectivity index (χ3n) is 6.53. The van der Waals surface area contributed by atoms with E-state index < -0.39 is 11.5 Å². The number of amides is 1. The van der Waals surface area contributed by atoms with Crippen molar-refractivity contribution >= 4 is 16.9 Å². The highest BCUT2D eigenvalue weighted by Crippen LogP contribution is 2.27. The Morgan fingerprint density at radius 1 is 1.23 bits per heavy atom. The summed E-state index contributed by atoms with van der Waals surface area (Å²) in [7, 11) is 0. The first-order valence-electron chi connectivity index (χ1n) is 11.4. The molecule has 1 aliphatic carbocycles. The van der Waals surface area contributed by atoms with Gasteiger partial charge in [-0.2, -0.15) is 0 Å². The molecule has 0 radical (unpaired) electrons. The van der Waals surface area contributed by atoms with Crippen molar-refractivity contribution in [3.8, 4) is 5.75 Å². The Labute approximate surface area is 182 Å². The van der Waals surface area contributed by atoms with Crippen molar-refractivity contribution in [2.45, 2.75) is 51.6 Å². The molecule has 1 aliphatic heterocycles. The highest BCUT2D eigenvalue weighted by atomic mass is 16.5. The second kappa shape index (κ2) is 9.78. The summed E-state index contributed by atoms with van der Waals surface area (Å²) in [4.78, 5) is 33.0. The molecule has 2 N–H and O–H groups in total. The Kier molecular flexibility index (Phi) is 6.87. The molecule has 0 aromatic carbocycles. The number of ether oxygens (including phenoxy) is 1. The van der Waals surface area contributed by atoms with Crippen LogP contribution in [0, 0.1) is 5.92 Å². The fourth-order valence-electron chi connectivity index (χ4n) is 4.60. The van der Waals surface area contributed by atoms with Gasteiger partial charge in [0.05, 0.1) is 12.0 Å². The van der Waals surface area contributed by atoms with E-state index in [0.717, 1.165) is 51.8 Å². The van der Waals surface area contributed by atoms with Crippen molar-refractivity contribution in [3.63, 3.8) is 0 Å². The number of nitrogens with one attached hydrogen (secondary N) is 1. The van der Waals surface area contributed by atoms with Crippen LogP contribution in [0.1, 0.15) is 49.4 Å². The number of carbonyl (C=O) groups is 1. The molecule has 2 aliphatic rings. The van der Waals surface area contributed by atoms with E-state index in [1.54, 1.807) is 18.3 Å². The van der Waals surface area contributed by atoms with Crippen molar-refractivity contribution in [1.29, 1.82) is 0 Å². The number of aromatic nitrogens is 2. The summed E-state index contributed by atoms with van der Waals surface area (Å²) in [5.41, 5.74) is -0.270. The Balaban J connectivity index is 1.62. The average molecular weight is 429 g/mol. The second-order valence-corrected chi connectivity index (χ2v) is 8.79. The molecule has 0 unspecified atom stereocenters. The van der Waals surface area contributed by atoms with Crippen LogP contribution in [0.4, 0.5) is 0 Å². The molecule has 168 valence electrons. The largest absolute Gasteiger partial charge is 0.506 e. The monoisotopic (exact) mass is 428 g/mol. The molecule has 8 nitrogen and oxygen atoms in total. The van der Waals surface area contributed by atoms with E-state index in [0.29, 0.717) is 36.6 Å². The number of rotatable bonds is 5. The lowest BCUT2D eigenvalue weighted by molar-refractivity contribution is 0.0918. The summed E-state index contributed by atoms with van der Waals surface area (Å²) < 4.78 is 7.03. The summed E-state index contributed by atoms with van der Waals surface area (Å²) in [6.07, 6.45) is 6.46. The Morgan fingerprint density at radius 3 is 2.84 bits per heavy atom. The molecule has 4 rings (SSSR count). The maximum Gasteiger partial charge on any atom is 0.268 e. The molecule has 0 bridgehead atoms. The van der Waals surface area contributed by atoms with Gasteiger partial charge in [0, 0.05) is 45.0 Å². The van der Waals surface area contributed by atoms with Gasteiger partial charge in [0.1, 0.15) is 17.0 Å². The first-order valence-corrected chi connectivity index (χ1v) is 11.4. The highest BCUT2D eigenvalue weighted by molar-refractivity contribution is 6.01. The van der Waals surface area contributed by atoms with E-state index in [1.165, 1.54) is 4.57 Å². The van der Waals surface area contributed by atoms with Gasteiger partial charge in [-0.15, -0.1) is 0 Å². The summed E-state index contributed by atoms with van der Waals surface area (Å²) in [6.45, 7) is 6.42. The molecule has 8 heteroatoms. The van der Waals surface area contributed by atoms with Crippen molar-refractivity contribution < 1.29 is 14.6 Å². The number of carbonyl (C=O) groups excluding carboxylic acids is 1. The quantitative estimate of drug-likeness (QED) is 0.757. The predicted molar refractivity (Wildman–Crippen MR) is 118 cm³/mol. The Bertz CT molecular complexity index is 973. The van der Waals surface area contributed by atoms with Crippen LogP contribution in [0.5, 0.6) is 5.75 Å². The molecular weight excluding hydrogens is 396 g/mol. The van der Waals surface area contributed by atoms with Crippen LogP contribution in [0.3, 0.4) is 0 Å². The fraction of sp³-hybridized carbons (Fsp3) is 0.609. The van der Waals surface area contributed by atoms with Gasteiger partial charge in [-0.05, 0) is 50.2 Å². The van der Waals surface area contributed by atoms with Crippen LogP contribution in [0.15, 0.2) is 23.1 Å². The topological polar surface area (TPSA) is 96.7 Å². The van der Waals surface area contributed by atoms with Crippen molar-refractivity contribution in [2.24, 2.45) is 5.92 Å². The van der Waals surface area contributed by atoms with E-state index >= 15 is 0 Å². The van der Waals surface area contributed by atoms with E-state index in [4.69, 9.17) is 4.74 Å². The minimum Gasteiger partial charge on any atom is -0.506 e. The molecule has 0 spiro atoms. The van der Waals surface area contributed by atoms with E-state index in [9.17, 15) is 14.7 Å². The van der Waals surface area contributed by atoms with Gasteiger partial charge >= 0.3 is 0 Å².